The number of rotatable bonds is 6. The van der Waals surface area contributed by atoms with Crippen molar-refractivity contribution in [2.24, 2.45) is 0 Å². The molecular weight excluding hydrogens is 507 g/mol. The quantitative estimate of drug-likeness (QED) is 0.437. The molecule has 4 aliphatic rings. The lowest BCUT2D eigenvalue weighted by molar-refractivity contribution is -0.127. The maximum Gasteiger partial charge on any atom is 0.320 e. The number of anilines is 1. The van der Waals surface area contributed by atoms with E-state index in [0.29, 0.717) is 38.3 Å². The number of carbonyl (C=O) groups excluding carboxylic acids is 1. The monoisotopic (exact) mass is 542 g/mol. The fourth-order valence-electron chi connectivity index (χ4n) is 7.06. The molecule has 3 aliphatic heterocycles. The fourth-order valence-corrected chi connectivity index (χ4v) is 7.06. The maximum atomic E-state index is 14.0. The van der Waals surface area contributed by atoms with Gasteiger partial charge in [0.1, 0.15) is 18.6 Å². The van der Waals surface area contributed by atoms with Gasteiger partial charge in [0.25, 0.3) is 0 Å². The van der Waals surface area contributed by atoms with Gasteiger partial charge in [0, 0.05) is 31.2 Å². The van der Waals surface area contributed by atoms with Crippen LogP contribution in [-0.4, -0.2) is 88.2 Å². The third-order valence-corrected chi connectivity index (χ3v) is 9.26. The predicted octanol–water partition coefficient (Wildman–Crippen LogP) is 3.97. The molecule has 8 nitrogen and oxygen atoms in total. The van der Waals surface area contributed by atoms with Crippen molar-refractivity contribution in [1.29, 1.82) is 0 Å². The highest BCUT2D eigenvalue weighted by molar-refractivity contribution is 5.91. The van der Waals surface area contributed by atoms with Crippen LogP contribution in [0.25, 0.3) is 22.3 Å². The normalized spacial score (nSPS) is 25.9. The topological polar surface area (TPSA) is 74.7 Å². The number of amides is 1. The molecule has 2 aromatic heterocycles. The van der Waals surface area contributed by atoms with Crippen molar-refractivity contribution in [3.05, 3.63) is 54.1 Å². The number of pyridine rings is 1. The number of likely N-dealkylation sites (tertiary alicyclic amines) is 2. The van der Waals surface area contributed by atoms with Gasteiger partial charge in [0.05, 0.1) is 23.2 Å². The number of aromatic nitrogens is 3. The van der Waals surface area contributed by atoms with E-state index in [2.05, 4.69) is 41.8 Å². The van der Waals surface area contributed by atoms with E-state index in [1.807, 2.05) is 16.8 Å². The Balaban J connectivity index is 1.25. The lowest BCUT2D eigenvalue weighted by atomic mass is 9.87. The zero-order valence-corrected chi connectivity index (χ0v) is 22.9. The van der Waals surface area contributed by atoms with Crippen LogP contribution in [0, 0.1) is 0 Å². The van der Waals surface area contributed by atoms with Crippen molar-refractivity contribution < 1.29 is 13.9 Å². The number of hydrogen-bond donors (Lipinski definition) is 0. The van der Waals surface area contributed by atoms with Crippen molar-refractivity contribution in [3.63, 3.8) is 0 Å². The minimum absolute atomic E-state index is 0.0189. The summed E-state index contributed by atoms with van der Waals surface area (Å²) in [4.78, 5) is 33.2. The SMILES string of the molecule is C=CC(=O)N1CC[C@@H]2[C@H]1CN2c1nc(OC[C@@H]2C[C@@H](F)CN2C)nc2nc(-c3cccc4c3CCCC4)ccc12. The summed E-state index contributed by atoms with van der Waals surface area (Å²) in [5.74, 6) is 0.763. The van der Waals surface area contributed by atoms with Crippen LogP contribution in [0.3, 0.4) is 0 Å². The molecule has 208 valence electrons. The number of likely N-dealkylation sites (N-methyl/N-ethyl adjacent to an activating group) is 1. The molecule has 0 radical (unpaired) electrons. The van der Waals surface area contributed by atoms with Crippen LogP contribution >= 0.6 is 0 Å². The van der Waals surface area contributed by atoms with Crippen molar-refractivity contribution in [1.82, 2.24) is 24.8 Å². The molecule has 1 aromatic carbocycles. The molecule has 0 N–H and O–H groups in total. The average molecular weight is 543 g/mol. The number of fused-ring (bicyclic) bond motifs is 3. The molecule has 0 saturated carbocycles. The second-order valence-corrected chi connectivity index (χ2v) is 11.6. The Morgan fingerprint density at radius 1 is 1.12 bits per heavy atom. The molecule has 0 unspecified atom stereocenters. The van der Waals surface area contributed by atoms with Crippen molar-refractivity contribution >= 4 is 22.8 Å². The van der Waals surface area contributed by atoms with Crippen LogP contribution < -0.4 is 9.64 Å². The number of benzene rings is 1. The van der Waals surface area contributed by atoms with Gasteiger partial charge in [-0.3, -0.25) is 9.69 Å². The van der Waals surface area contributed by atoms with E-state index in [1.165, 1.54) is 35.6 Å². The van der Waals surface area contributed by atoms with Crippen molar-refractivity contribution in [2.45, 2.75) is 62.8 Å². The fraction of sp³-hybridized carbons (Fsp3) is 0.484. The summed E-state index contributed by atoms with van der Waals surface area (Å²) in [5.41, 5.74) is 5.47. The summed E-state index contributed by atoms with van der Waals surface area (Å²) in [5, 5.41) is 0.870. The van der Waals surface area contributed by atoms with Gasteiger partial charge < -0.3 is 14.5 Å². The van der Waals surface area contributed by atoms with E-state index in [0.717, 1.165) is 36.2 Å². The molecule has 9 heteroatoms. The van der Waals surface area contributed by atoms with E-state index in [4.69, 9.17) is 19.7 Å². The molecule has 1 aliphatic carbocycles. The zero-order chi connectivity index (χ0) is 27.4. The summed E-state index contributed by atoms with van der Waals surface area (Å²) in [6.07, 6.45) is 6.47. The number of nitrogens with zero attached hydrogens (tertiary/aromatic N) is 6. The number of halogens is 1. The molecule has 0 spiro atoms. The van der Waals surface area contributed by atoms with Crippen molar-refractivity contribution in [2.75, 3.05) is 38.2 Å². The van der Waals surface area contributed by atoms with Gasteiger partial charge >= 0.3 is 6.01 Å². The molecule has 0 bridgehead atoms. The van der Waals surface area contributed by atoms with Crippen LogP contribution in [0.1, 0.15) is 36.8 Å². The molecule has 5 heterocycles. The highest BCUT2D eigenvalue weighted by Gasteiger charge is 2.49. The van der Waals surface area contributed by atoms with Crippen LogP contribution in [0.4, 0.5) is 10.2 Å². The van der Waals surface area contributed by atoms with Gasteiger partial charge in [-0.05, 0) is 74.9 Å². The largest absolute Gasteiger partial charge is 0.462 e. The first-order valence-corrected chi connectivity index (χ1v) is 14.5. The second kappa shape index (κ2) is 10.1. The van der Waals surface area contributed by atoms with Crippen LogP contribution in [0.5, 0.6) is 6.01 Å². The number of hydrogen-bond acceptors (Lipinski definition) is 7. The molecule has 3 aromatic rings. The van der Waals surface area contributed by atoms with Gasteiger partial charge in [0.2, 0.25) is 5.91 Å². The van der Waals surface area contributed by atoms with E-state index in [1.54, 1.807) is 0 Å². The zero-order valence-electron chi connectivity index (χ0n) is 22.9. The number of carbonyl (C=O) groups is 1. The van der Waals surface area contributed by atoms with E-state index >= 15 is 0 Å². The average Bonchev–Trinajstić information content (AvgIpc) is 3.47. The number of alkyl halides is 1. The predicted molar refractivity (Wildman–Crippen MR) is 152 cm³/mol. The highest BCUT2D eigenvalue weighted by atomic mass is 19.1. The van der Waals surface area contributed by atoms with Gasteiger partial charge in [0.15, 0.2) is 5.65 Å². The molecular formula is C31H35FN6O2. The Morgan fingerprint density at radius 2 is 2.00 bits per heavy atom. The first-order chi connectivity index (χ1) is 19.5. The minimum atomic E-state index is -0.839. The summed E-state index contributed by atoms with van der Waals surface area (Å²) < 4.78 is 20.1. The Kier molecular flexibility index (Phi) is 6.41. The van der Waals surface area contributed by atoms with Crippen LogP contribution in [0.15, 0.2) is 43.0 Å². The van der Waals surface area contributed by atoms with Crippen LogP contribution in [-0.2, 0) is 17.6 Å². The van der Waals surface area contributed by atoms with E-state index in [9.17, 15) is 9.18 Å². The van der Waals surface area contributed by atoms with E-state index in [-0.39, 0.29) is 30.0 Å². The van der Waals surface area contributed by atoms with E-state index < -0.39 is 6.17 Å². The lowest BCUT2D eigenvalue weighted by Crippen LogP contribution is -2.63. The first kappa shape index (κ1) is 25.4. The summed E-state index contributed by atoms with van der Waals surface area (Å²) >= 11 is 0. The smallest absolute Gasteiger partial charge is 0.320 e. The Hall–Kier alpha value is -3.59. The number of aryl methyl sites for hydroxylation is 1. The summed E-state index contributed by atoms with van der Waals surface area (Å²) in [6.45, 7) is 5.81. The Labute approximate surface area is 233 Å². The molecule has 3 fully saturated rings. The summed E-state index contributed by atoms with van der Waals surface area (Å²) in [6, 6.07) is 11.2. The van der Waals surface area contributed by atoms with Gasteiger partial charge in [-0.2, -0.15) is 9.97 Å². The molecule has 1 amide bonds. The lowest BCUT2D eigenvalue weighted by Gasteiger charge is -2.47. The van der Waals surface area contributed by atoms with Gasteiger partial charge in [-0.1, -0.05) is 24.8 Å². The summed E-state index contributed by atoms with van der Waals surface area (Å²) in [7, 11) is 1.92. The van der Waals surface area contributed by atoms with Crippen molar-refractivity contribution in [3.8, 4) is 17.3 Å². The maximum absolute atomic E-state index is 14.0. The minimum Gasteiger partial charge on any atom is -0.462 e. The molecule has 3 saturated heterocycles. The second-order valence-electron chi connectivity index (χ2n) is 11.6. The standard InChI is InChI=1S/C31H35FN6O2/c1-3-28(39)37-14-13-26-27(37)17-38(26)30-24-11-12-25(23-10-6-8-19-7-4-5-9-22(19)23)33-29(24)34-31(35-30)40-18-21-15-20(32)16-36(21)2/h3,6,8,10-12,20-21,26-27H,1,4-5,7,9,13-18H2,2H3/t20-,21+,26-,27-/m1/s1. The van der Waals surface area contributed by atoms with Crippen LogP contribution in [0.2, 0.25) is 0 Å². The third-order valence-electron chi connectivity index (χ3n) is 9.26. The van der Waals surface area contributed by atoms with Gasteiger partial charge in [-0.15, -0.1) is 0 Å². The third kappa shape index (κ3) is 4.31. The Bertz CT molecular complexity index is 1480. The highest BCUT2D eigenvalue weighted by Crippen LogP contribution is 2.40. The first-order valence-electron chi connectivity index (χ1n) is 14.5. The molecule has 4 atom stereocenters. The van der Waals surface area contributed by atoms with Gasteiger partial charge in [-0.25, -0.2) is 9.37 Å². The Morgan fingerprint density at radius 3 is 2.83 bits per heavy atom. The number of ether oxygens (including phenoxy) is 1. The molecule has 40 heavy (non-hydrogen) atoms. The molecule has 7 rings (SSSR count).